The minimum atomic E-state index is -0.377. The van der Waals surface area contributed by atoms with Gasteiger partial charge in [-0.2, -0.15) is 0 Å². The molecule has 2 nitrogen and oxygen atoms in total. The highest BCUT2D eigenvalue weighted by Crippen LogP contribution is 2.08. The van der Waals surface area contributed by atoms with Crippen LogP contribution in [0.3, 0.4) is 0 Å². The molecule has 0 spiro atoms. The molecule has 4 heteroatoms. The van der Waals surface area contributed by atoms with Gasteiger partial charge >= 0.3 is 0 Å². The highest BCUT2D eigenvalue weighted by molar-refractivity contribution is 8.68. The second-order valence-corrected chi connectivity index (χ2v) is 3.55. The fourth-order valence-electron chi connectivity index (χ4n) is 0.447. The van der Waals surface area contributed by atoms with Crippen LogP contribution in [0.15, 0.2) is 0 Å². The van der Waals surface area contributed by atoms with Gasteiger partial charge in [-0.25, -0.2) is 0 Å². The van der Waals surface area contributed by atoms with Crippen molar-refractivity contribution in [2.75, 3.05) is 12.4 Å². The van der Waals surface area contributed by atoms with Crippen LogP contribution in [0.1, 0.15) is 13.8 Å². The topological polar surface area (TPSA) is 29.5 Å². The molecule has 2 atom stereocenters. The maximum absolute atomic E-state index is 8.81. The number of aliphatic hydroxyl groups is 1. The number of rotatable bonds is 5. The number of hydrogen-bond donors (Lipinski definition) is 1. The standard InChI is InChI=1S/C6H13O2S2/c1-5(7)3-8-6(2)4-10-9/h5-7H,3-4H2,1-2H3. The van der Waals surface area contributed by atoms with E-state index in [1.54, 1.807) is 6.92 Å². The second kappa shape index (κ2) is 6.34. The summed E-state index contributed by atoms with van der Waals surface area (Å²) in [4.78, 5) is 0. The molecular formula is C6H13O2S2. The lowest BCUT2D eigenvalue weighted by molar-refractivity contribution is 0.0154. The van der Waals surface area contributed by atoms with Gasteiger partial charge in [-0.15, -0.1) is 0 Å². The molecule has 0 aliphatic heterocycles. The van der Waals surface area contributed by atoms with Crippen LogP contribution < -0.4 is 0 Å². The van der Waals surface area contributed by atoms with Crippen molar-refractivity contribution in [3.05, 3.63) is 0 Å². The lowest BCUT2D eigenvalue weighted by Crippen LogP contribution is -2.18. The van der Waals surface area contributed by atoms with Crippen molar-refractivity contribution in [1.29, 1.82) is 0 Å². The largest absolute Gasteiger partial charge is 0.391 e. The molecule has 0 bridgehead atoms. The molecule has 0 saturated carbocycles. The van der Waals surface area contributed by atoms with Crippen LogP contribution in [0.25, 0.3) is 0 Å². The van der Waals surface area contributed by atoms with Gasteiger partial charge in [0.2, 0.25) is 0 Å². The normalized spacial score (nSPS) is 16.8. The third-order valence-electron chi connectivity index (χ3n) is 0.925. The first-order chi connectivity index (χ1) is 4.66. The summed E-state index contributed by atoms with van der Waals surface area (Å²) in [6.07, 6.45) is -0.227. The SMILES string of the molecule is CC(O)COC(C)CS[S]. The van der Waals surface area contributed by atoms with E-state index in [2.05, 4.69) is 11.7 Å². The molecule has 10 heavy (non-hydrogen) atoms. The fourth-order valence-corrected chi connectivity index (χ4v) is 1.31. The fraction of sp³-hybridized carbons (Fsp3) is 1.00. The Morgan fingerprint density at radius 1 is 1.60 bits per heavy atom. The summed E-state index contributed by atoms with van der Waals surface area (Å²) >= 11 is 4.68. The maximum atomic E-state index is 8.81. The average Bonchev–Trinajstić information content (AvgIpc) is 1.85. The van der Waals surface area contributed by atoms with Crippen LogP contribution >= 0.6 is 22.5 Å². The summed E-state index contributed by atoms with van der Waals surface area (Å²) in [7, 11) is 1.34. The molecule has 0 saturated heterocycles. The molecule has 0 aliphatic rings. The van der Waals surface area contributed by atoms with Crippen LogP contribution in [0.4, 0.5) is 0 Å². The Hall–Kier alpha value is 0.620. The third kappa shape index (κ3) is 6.74. The van der Waals surface area contributed by atoms with E-state index in [4.69, 9.17) is 9.84 Å². The smallest absolute Gasteiger partial charge is 0.0745 e. The van der Waals surface area contributed by atoms with Gasteiger partial charge in [-0.3, -0.25) is 0 Å². The molecule has 2 unspecified atom stereocenters. The lowest BCUT2D eigenvalue weighted by Gasteiger charge is -2.11. The molecule has 0 aromatic carbocycles. The highest BCUT2D eigenvalue weighted by Gasteiger charge is 2.02. The Morgan fingerprint density at radius 3 is 2.60 bits per heavy atom. The van der Waals surface area contributed by atoms with Gasteiger partial charge in [-0.05, 0) is 25.5 Å². The molecule has 1 N–H and O–H groups in total. The molecule has 0 aromatic rings. The van der Waals surface area contributed by atoms with E-state index < -0.39 is 0 Å². The first kappa shape index (κ1) is 10.6. The van der Waals surface area contributed by atoms with Crippen molar-refractivity contribution in [1.82, 2.24) is 0 Å². The minimum Gasteiger partial charge on any atom is -0.391 e. The van der Waals surface area contributed by atoms with Crippen molar-refractivity contribution in [2.45, 2.75) is 26.1 Å². The quantitative estimate of drug-likeness (QED) is 0.654. The van der Waals surface area contributed by atoms with E-state index in [-0.39, 0.29) is 12.2 Å². The van der Waals surface area contributed by atoms with Gasteiger partial charge in [-0.1, -0.05) is 10.8 Å². The molecule has 0 aliphatic carbocycles. The predicted octanol–water partition coefficient (Wildman–Crippen LogP) is 1.62. The summed E-state index contributed by atoms with van der Waals surface area (Å²) in [5, 5.41) is 8.81. The van der Waals surface area contributed by atoms with Crippen molar-refractivity contribution in [3.63, 3.8) is 0 Å². The summed E-state index contributed by atoms with van der Waals surface area (Å²) in [6.45, 7) is 4.05. The van der Waals surface area contributed by atoms with Crippen molar-refractivity contribution < 1.29 is 9.84 Å². The Morgan fingerprint density at radius 2 is 2.20 bits per heavy atom. The Kier molecular flexibility index (Phi) is 6.73. The first-order valence-electron chi connectivity index (χ1n) is 3.21. The van der Waals surface area contributed by atoms with E-state index in [1.807, 2.05) is 6.92 Å². The van der Waals surface area contributed by atoms with Gasteiger partial charge in [0.25, 0.3) is 0 Å². The van der Waals surface area contributed by atoms with Gasteiger partial charge < -0.3 is 9.84 Å². The average molecular weight is 181 g/mol. The van der Waals surface area contributed by atoms with E-state index >= 15 is 0 Å². The molecule has 0 heterocycles. The molecule has 0 amide bonds. The zero-order valence-electron chi connectivity index (χ0n) is 6.24. The van der Waals surface area contributed by atoms with E-state index in [9.17, 15) is 0 Å². The summed E-state index contributed by atoms with van der Waals surface area (Å²) in [5.74, 6) is 0.808. The molecule has 0 aromatic heterocycles. The highest BCUT2D eigenvalue weighted by atomic mass is 33.1. The summed E-state index contributed by atoms with van der Waals surface area (Å²) in [6, 6.07) is 0. The second-order valence-electron chi connectivity index (χ2n) is 2.28. The first-order valence-corrected chi connectivity index (χ1v) is 5.12. The third-order valence-corrected chi connectivity index (χ3v) is 1.94. The van der Waals surface area contributed by atoms with Gasteiger partial charge in [0.15, 0.2) is 0 Å². The Labute approximate surface area is 71.1 Å². The zero-order valence-corrected chi connectivity index (χ0v) is 7.87. The van der Waals surface area contributed by atoms with Crippen molar-refractivity contribution in [3.8, 4) is 0 Å². The van der Waals surface area contributed by atoms with Gasteiger partial charge in [0, 0.05) is 5.75 Å². The van der Waals surface area contributed by atoms with Crippen molar-refractivity contribution in [2.24, 2.45) is 0 Å². The van der Waals surface area contributed by atoms with Crippen molar-refractivity contribution >= 4 is 22.5 Å². The number of aliphatic hydroxyl groups excluding tert-OH is 1. The van der Waals surface area contributed by atoms with E-state index in [0.717, 1.165) is 5.75 Å². The molecule has 0 rings (SSSR count). The monoisotopic (exact) mass is 181 g/mol. The van der Waals surface area contributed by atoms with Crippen LogP contribution in [-0.4, -0.2) is 29.7 Å². The summed E-state index contributed by atoms with van der Waals surface area (Å²) < 4.78 is 5.21. The predicted molar refractivity (Wildman–Crippen MR) is 47.1 cm³/mol. The number of ether oxygens (including phenoxy) is 1. The van der Waals surface area contributed by atoms with Crippen LogP contribution in [0, 0.1) is 0 Å². The molecule has 61 valence electrons. The van der Waals surface area contributed by atoms with Crippen LogP contribution in [-0.2, 0) is 4.74 Å². The van der Waals surface area contributed by atoms with Crippen LogP contribution in [0.2, 0.25) is 0 Å². The summed E-state index contributed by atoms with van der Waals surface area (Å²) in [5.41, 5.74) is 0. The van der Waals surface area contributed by atoms with Gasteiger partial charge in [0.1, 0.15) is 0 Å². The maximum Gasteiger partial charge on any atom is 0.0745 e. The lowest BCUT2D eigenvalue weighted by atomic mass is 10.4. The Balaban J connectivity index is 3.12. The number of hydrogen-bond acceptors (Lipinski definition) is 3. The molecule has 0 fully saturated rings. The van der Waals surface area contributed by atoms with Crippen LogP contribution in [0.5, 0.6) is 0 Å². The van der Waals surface area contributed by atoms with E-state index in [0.29, 0.717) is 6.61 Å². The Bertz CT molecular complexity index is 78.1. The molecular weight excluding hydrogens is 168 g/mol. The zero-order chi connectivity index (χ0) is 7.98. The minimum absolute atomic E-state index is 0.150. The van der Waals surface area contributed by atoms with E-state index in [1.165, 1.54) is 10.8 Å². The molecule has 1 radical (unpaired) electrons. The van der Waals surface area contributed by atoms with Gasteiger partial charge in [0.05, 0.1) is 18.8 Å².